The number of nitrogens with zero attached hydrogens (tertiary/aromatic N) is 2. The molecule has 0 unspecified atom stereocenters. The van der Waals surface area contributed by atoms with Gasteiger partial charge < -0.3 is 9.47 Å². The van der Waals surface area contributed by atoms with Crippen molar-refractivity contribution in [3.63, 3.8) is 0 Å². The molecule has 0 N–H and O–H groups in total. The van der Waals surface area contributed by atoms with E-state index in [4.69, 9.17) is 14.5 Å². The monoisotopic (exact) mass is 620 g/mol. The van der Waals surface area contributed by atoms with Crippen LogP contribution in [0.1, 0.15) is 104 Å². The van der Waals surface area contributed by atoms with Crippen molar-refractivity contribution in [2.45, 2.75) is 104 Å². The van der Waals surface area contributed by atoms with Crippen LogP contribution in [-0.2, 0) is 9.59 Å². The number of para-hydroxylation sites is 1. The van der Waals surface area contributed by atoms with Crippen LogP contribution in [0, 0.1) is 33.8 Å². The van der Waals surface area contributed by atoms with Crippen molar-refractivity contribution in [2.24, 2.45) is 23.7 Å². The molecular weight excluding hydrogens is 576 g/mol. The first-order valence-electron chi connectivity index (χ1n) is 16.5. The largest absolute Gasteiger partial charge is 0.425 e. The fourth-order valence-corrected chi connectivity index (χ4v) is 7.74. The highest BCUT2D eigenvalue weighted by molar-refractivity contribution is 7.21. The zero-order valence-electron chi connectivity index (χ0n) is 25.9. The number of benzene rings is 2. The molecule has 0 bridgehead atoms. The lowest BCUT2D eigenvalue weighted by Gasteiger charge is -2.27. The molecule has 8 nitrogen and oxygen atoms in total. The first kappa shape index (κ1) is 32.1. The summed E-state index contributed by atoms with van der Waals surface area (Å²) in [5, 5.41) is 12.8. The molecule has 3 aromatic rings. The quantitative estimate of drug-likeness (QED) is 0.0858. The second-order valence-corrected chi connectivity index (χ2v) is 13.7. The molecule has 2 saturated carbocycles. The van der Waals surface area contributed by atoms with E-state index in [0.717, 1.165) is 68.0 Å². The number of hydrogen-bond donors (Lipinski definition) is 0. The SMILES string of the molecule is CCCCC1CCC(C(=O)Oc2cc([N+](=O)[O-])c(OC(=O)C3CCC(CCCC)CC3)cc2-c2nc3ccccc3s2)CC1. The molecule has 2 aliphatic carbocycles. The molecule has 236 valence electrons. The number of unbranched alkanes of at least 4 members (excludes halogenated alkanes) is 2. The van der Waals surface area contributed by atoms with Gasteiger partial charge in [-0.3, -0.25) is 19.7 Å². The van der Waals surface area contributed by atoms with E-state index in [-0.39, 0.29) is 29.3 Å². The minimum Gasteiger partial charge on any atom is -0.425 e. The Labute approximate surface area is 263 Å². The Morgan fingerprint density at radius 1 is 0.841 bits per heavy atom. The van der Waals surface area contributed by atoms with Crippen LogP contribution in [0.2, 0.25) is 0 Å². The van der Waals surface area contributed by atoms with Crippen molar-refractivity contribution < 1.29 is 24.0 Å². The number of rotatable bonds is 12. The van der Waals surface area contributed by atoms with Crippen LogP contribution in [0.15, 0.2) is 36.4 Å². The van der Waals surface area contributed by atoms with Gasteiger partial charge in [0.05, 0.1) is 38.6 Å². The highest BCUT2D eigenvalue weighted by Gasteiger charge is 2.33. The number of esters is 2. The van der Waals surface area contributed by atoms with E-state index in [2.05, 4.69) is 13.8 Å². The number of nitro benzene ring substituents is 1. The molecule has 44 heavy (non-hydrogen) atoms. The van der Waals surface area contributed by atoms with Crippen LogP contribution >= 0.6 is 11.3 Å². The fraction of sp³-hybridized carbons (Fsp3) is 0.571. The summed E-state index contributed by atoms with van der Waals surface area (Å²) >= 11 is 1.40. The van der Waals surface area contributed by atoms with Gasteiger partial charge in [0.15, 0.2) is 0 Å². The first-order chi connectivity index (χ1) is 21.4. The van der Waals surface area contributed by atoms with E-state index in [1.54, 1.807) is 0 Å². The molecule has 1 heterocycles. The molecular formula is C35H44N2O6S. The van der Waals surface area contributed by atoms with Crippen molar-refractivity contribution in [1.82, 2.24) is 4.98 Å². The zero-order valence-corrected chi connectivity index (χ0v) is 26.7. The summed E-state index contributed by atoms with van der Waals surface area (Å²) in [5.74, 6) is -0.160. The Morgan fingerprint density at radius 2 is 1.39 bits per heavy atom. The van der Waals surface area contributed by atoms with Gasteiger partial charge in [0, 0.05) is 6.07 Å². The van der Waals surface area contributed by atoms with Crippen LogP contribution in [0.5, 0.6) is 11.5 Å². The number of aromatic nitrogens is 1. The maximum Gasteiger partial charge on any atom is 0.315 e. The summed E-state index contributed by atoms with van der Waals surface area (Å²) in [7, 11) is 0. The van der Waals surface area contributed by atoms with Crippen molar-refractivity contribution in [3.8, 4) is 22.1 Å². The first-order valence-corrected chi connectivity index (χ1v) is 17.3. The van der Waals surface area contributed by atoms with E-state index >= 15 is 0 Å². The summed E-state index contributed by atoms with van der Waals surface area (Å²) in [6.07, 6.45) is 13.9. The molecule has 9 heteroatoms. The number of ether oxygens (including phenoxy) is 2. The molecule has 1 aromatic heterocycles. The number of thiazole rings is 1. The lowest BCUT2D eigenvalue weighted by Crippen LogP contribution is -2.26. The fourth-order valence-electron chi connectivity index (χ4n) is 6.76. The molecule has 2 aromatic carbocycles. The van der Waals surface area contributed by atoms with Crippen LogP contribution in [-0.4, -0.2) is 21.8 Å². The number of carbonyl (C=O) groups excluding carboxylic acids is 2. The van der Waals surface area contributed by atoms with Crippen LogP contribution in [0.25, 0.3) is 20.8 Å². The Kier molecular flexibility index (Phi) is 11.0. The molecule has 0 radical (unpaired) electrons. The van der Waals surface area contributed by atoms with Gasteiger partial charge in [-0.25, -0.2) is 4.98 Å². The van der Waals surface area contributed by atoms with Gasteiger partial charge in [0.1, 0.15) is 10.8 Å². The Hall–Kier alpha value is -3.33. The smallest absolute Gasteiger partial charge is 0.315 e. The van der Waals surface area contributed by atoms with Gasteiger partial charge in [0.2, 0.25) is 5.75 Å². The average Bonchev–Trinajstić information content (AvgIpc) is 3.48. The van der Waals surface area contributed by atoms with E-state index in [1.807, 2.05) is 24.3 Å². The highest BCUT2D eigenvalue weighted by Crippen LogP contribution is 2.44. The predicted molar refractivity (Wildman–Crippen MR) is 173 cm³/mol. The van der Waals surface area contributed by atoms with Crippen LogP contribution in [0.3, 0.4) is 0 Å². The van der Waals surface area contributed by atoms with Gasteiger partial charge in [-0.2, -0.15) is 0 Å². The number of nitro groups is 1. The zero-order chi connectivity index (χ0) is 31.1. The third-order valence-electron chi connectivity index (χ3n) is 9.50. The van der Waals surface area contributed by atoms with Crippen molar-refractivity contribution in [1.29, 1.82) is 0 Å². The maximum atomic E-state index is 13.4. The molecule has 2 fully saturated rings. The molecule has 0 amide bonds. The van der Waals surface area contributed by atoms with E-state index in [9.17, 15) is 19.7 Å². The summed E-state index contributed by atoms with van der Waals surface area (Å²) in [5.41, 5.74) is 0.783. The average molecular weight is 621 g/mol. The minimum absolute atomic E-state index is 0.0742. The molecule has 0 spiro atoms. The lowest BCUT2D eigenvalue weighted by molar-refractivity contribution is -0.385. The van der Waals surface area contributed by atoms with Crippen molar-refractivity contribution in [3.05, 3.63) is 46.5 Å². The second kappa shape index (κ2) is 15.1. The summed E-state index contributed by atoms with van der Waals surface area (Å²) in [4.78, 5) is 43.1. The third-order valence-corrected chi connectivity index (χ3v) is 10.6. The van der Waals surface area contributed by atoms with Crippen LogP contribution < -0.4 is 9.47 Å². The lowest BCUT2D eigenvalue weighted by atomic mass is 9.80. The summed E-state index contributed by atoms with van der Waals surface area (Å²) in [6, 6.07) is 10.3. The van der Waals surface area contributed by atoms with Crippen molar-refractivity contribution >= 4 is 39.2 Å². The van der Waals surface area contributed by atoms with Gasteiger partial charge >= 0.3 is 17.6 Å². The predicted octanol–water partition coefficient (Wildman–Crippen LogP) is 9.68. The van der Waals surface area contributed by atoms with Gasteiger partial charge in [-0.15, -0.1) is 11.3 Å². The highest BCUT2D eigenvalue weighted by atomic mass is 32.1. The summed E-state index contributed by atoms with van der Waals surface area (Å²) < 4.78 is 12.7. The minimum atomic E-state index is -0.581. The van der Waals surface area contributed by atoms with Gasteiger partial charge in [-0.1, -0.05) is 64.5 Å². The van der Waals surface area contributed by atoms with Gasteiger partial charge in [0.25, 0.3) is 0 Å². The Bertz CT molecular complexity index is 1420. The molecule has 0 saturated heterocycles. The molecule has 2 aliphatic rings. The molecule has 0 aliphatic heterocycles. The number of carbonyl (C=O) groups is 2. The van der Waals surface area contributed by atoms with E-state index < -0.39 is 16.6 Å². The van der Waals surface area contributed by atoms with Crippen molar-refractivity contribution in [2.75, 3.05) is 0 Å². The topological polar surface area (TPSA) is 109 Å². The third kappa shape index (κ3) is 7.84. The second-order valence-electron chi connectivity index (χ2n) is 12.6. The molecule has 5 rings (SSSR count). The molecule has 0 atom stereocenters. The standard InChI is InChI=1S/C35H44N2O6S/c1-3-5-9-23-13-17-25(18-14-23)34(38)42-30-22-29(37(40)41)31(21-27(30)33-36-28-11-7-8-12-32(28)44-33)43-35(39)26-19-15-24(16-20-26)10-6-4-2/h7-8,11-12,21-26H,3-6,9-10,13-20H2,1-2H3. The summed E-state index contributed by atoms with van der Waals surface area (Å²) in [6.45, 7) is 4.38. The Morgan fingerprint density at radius 3 is 1.91 bits per heavy atom. The van der Waals surface area contributed by atoms with Crippen LogP contribution in [0.4, 0.5) is 5.69 Å². The maximum absolute atomic E-state index is 13.4. The van der Waals surface area contributed by atoms with E-state index in [0.29, 0.717) is 22.4 Å². The number of fused-ring (bicyclic) bond motifs is 1. The Balaban J connectivity index is 1.40. The number of hydrogen-bond acceptors (Lipinski definition) is 8. The van der Waals surface area contributed by atoms with E-state index in [1.165, 1.54) is 55.6 Å². The normalized spacial score (nSPS) is 22.0. The van der Waals surface area contributed by atoms with Gasteiger partial charge in [-0.05, 0) is 75.3 Å².